The second-order valence-corrected chi connectivity index (χ2v) is 9.30. The molecule has 0 amide bonds. The third-order valence-electron chi connectivity index (χ3n) is 2.50. The molecule has 3 N–H and O–H groups in total. The molecule has 1 aromatic heterocycles. The summed E-state index contributed by atoms with van der Waals surface area (Å²) in [4.78, 5) is 0.750. The van der Waals surface area contributed by atoms with Gasteiger partial charge in [-0.2, -0.15) is 0 Å². The predicted octanol–water partition coefficient (Wildman–Crippen LogP) is 0.818. The number of thiocarbonyl (C=S) groups is 1. The lowest BCUT2D eigenvalue weighted by Crippen LogP contribution is -2.27. The van der Waals surface area contributed by atoms with Crippen LogP contribution in [-0.2, 0) is 20.8 Å². The largest absolute Gasteiger partial charge is 0.389 e. The van der Waals surface area contributed by atoms with Crippen molar-refractivity contribution in [1.82, 2.24) is 4.72 Å². The van der Waals surface area contributed by atoms with E-state index in [-0.39, 0.29) is 21.0 Å². The van der Waals surface area contributed by atoms with Crippen LogP contribution in [0.15, 0.2) is 16.3 Å². The van der Waals surface area contributed by atoms with Gasteiger partial charge in [0.05, 0.1) is 4.88 Å². The molecule has 2 unspecified atom stereocenters. The molecule has 0 aliphatic carbocycles. The Morgan fingerprint density at radius 1 is 1.58 bits per heavy atom. The standard InChI is InChI=1S/C10H16N2O3S4/c1-7(18(2)13)5-6-12-19(14,15)9-4-3-8(17-9)10(11)16/h3-4,7,12H,5-6H2,1-2H3,(H2,11,16). The second kappa shape index (κ2) is 6.89. The fraction of sp³-hybridized carbons (Fsp3) is 0.500. The van der Waals surface area contributed by atoms with E-state index < -0.39 is 20.8 Å². The minimum Gasteiger partial charge on any atom is -0.389 e. The Balaban J connectivity index is 2.65. The number of hydrogen-bond acceptors (Lipinski definition) is 5. The maximum absolute atomic E-state index is 12.0. The van der Waals surface area contributed by atoms with Crippen molar-refractivity contribution in [3.63, 3.8) is 0 Å². The molecule has 1 aromatic rings. The molecular formula is C10H16N2O3S4. The van der Waals surface area contributed by atoms with Crippen LogP contribution in [0.2, 0.25) is 0 Å². The highest BCUT2D eigenvalue weighted by Gasteiger charge is 2.17. The normalized spacial score (nSPS) is 15.1. The molecule has 0 radical (unpaired) electrons. The summed E-state index contributed by atoms with van der Waals surface area (Å²) < 4.78 is 37.7. The number of sulfonamides is 1. The third-order valence-corrected chi connectivity index (χ3v) is 7.29. The molecule has 9 heteroatoms. The molecule has 0 bridgehead atoms. The topological polar surface area (TPSA) is 89.3 Å². The molecule has 0 aliphatic rings. The van der Waals surface area contributed by atoms with E-state index in [9.17, 15) is 12.6 Å². The molecule has 108 valence electrons. The van der Waals surface area contributed by atoms with Gasteiger partial charge in [-0.1, -0.05) is 19.1 Å². The molecule has 0 spiro atoms. The number of rotatable bonds is 7. The van der Waals surface area contributed by atoms with Gasteiger partial charge in [-0.25, -0.2) is 13.1 Å². The van der Waals surface area contributed by atoms with Crippen LogP contribution in [0.5, 0.6) is 0 Å². The van der Waals surface area contributed by atoms with Crippen LogP contribution in [0.4, 0.5) is 0 Å². The lowest BCUT2D eigenvalue weighted by molar-refractivity contribution is 0.580. The first-order chi connectivity index (χ1) is 8.74. The van der Waals surface area contributed by atoms with Gasteiger partial charge < -0.3 is 5.73 Å². The summed E-state index contributed by atoms with van der Waals surface area (Å²) in [6.45, 7) is 2.07. The number of thiophene rings is 1. The van der Waals surface area contributed by atoms with Crippen LogP contribution in [0.3, 0.4) is 0 Å². The van der Waals surface area contributed by atoms with Gasteiger partial charge in [0, 0.05) is 28.9 Å². The molecule has 19 heavy (non-hydrogen) atoms. The van der Waals surface area contributed by atoms with Crippen molar-refractivity contribution in [3.05, 3.63) is 17.0 Å². The quantitative estimate of drug-likeness (QED) is 0.717. The molecule has 1 rings (SSSR count). The predicted molar refractivity (Wildman–Crippen MR) is 83.5 cm³/mol. The van der Waals surface area contributed by atoms with Crippen molar-refractivity contribution >= 4 is 49.4 Å². The van der Waals surface area contributed by atoms with Crippen molar-refractivity contribution in [3.8, 4) is 0 Å². The van der Waals surface area contributed by atoms with E-state index in [1.165, 1.54) is 6.07 Å². The van der Waals surface area contributed by atoms with Crippen LogP contribution >= 0.6 is 23.6 Å². The number of nitrogens with two attached hydrogens (primary N) is 1. The maximum Gasteiger partial charge on any atom is 0.250 e. The van der Waals surface area contributed by atoms with E-state index in [2.05, 4.69) is 4.72 Å². The summed E-state index contributed by atoms with van der Waals surface area (Å²) in [5, 5.41) is -0.0433. The second-order valence-electron chi connectivity index (χ2n) is 3.98. The van der Waals surface area contributed by atoms with Gasteiger partial charge in [0.2, 0.25) is 10.0 Å². The van der Waals surface area contributed by atoms with Gasteiger partial charge in [0.15, 0.2) is 0 Å². The fourth-order valence-corrected chi connectivity index (χ4v) is 4.12. The fourth-order valence-electron chi connectivity index (χ4n) is 1.23. The van der Waals surface area contributed by atoms with Crippen molar-refractivity contribution < 1.29 is 12.6 Å². The smallest absolute Gasteiger partial charge is 0.250 e. The molecule has 0 saturated carbocycles. The van der Waals surface area contributed by atoms with Crippen molar-refractivity contribution in [2.75, 3.05) is 12.8 Å². The van der Waals surface area contributed by atoms with Crippen LogP contribution < -0.4 is 10.5 Å². The molecule has 0 aliphatic heterocycles. The summed E-state index contributed by atoms with van der Waals surface area (Å²) in [5.41, 5.74) is 5.44. The summed E-state index contributed by atoms with van der Waals surface area (Å²) in [7, 11) is -4.49. The van der Waals surface area contributed by atoms with E-state index in [0.29, 0.717) is 11.3 Å². The highest BCUT2D eigenvalue weighted by atomic mass is 32.2. The first-order valence-electron chi connectivity index (χ1n) is 5.45. The monoisotopic (exact) mass is 340 g/mol. The van der Waals surface area contributed by atoms with Gasteiger partial charge >= 0.3 is 0 Å². The average molecular weight is 341 g/mol. The first kappa shape index (κ1) is 16.7. The Morgan fingerprint density at radius 3 is 2.68 bits per heavy atom. The minimum absolute atomic E-state index is 0.0433. The number of hydrogen-bond donors (Lipinski definition) is 2. The Bertz CT molecular complexity index is 579. The Labute approximate surface area is 125 Å². The van der Waals surface area contributed by atoms with Crippen molar-refractivity contribution in [1.29, 1.82) is 0 Å². The molecule has 0 aromatic carbocycles. The van der Waals surface area contributed by atoms with Gasteiger partial charge in [-0.05, 0) is 18.6 Å². The van der Waals surface area contributed by atoms with Crippen molar-refractivity contribution in [2.45, 2.75) is 22.8 Å². The minimum atomic E-state index is -3.54. The van der Waals surface area contributed by atoms with Crippen molar-refractivity contribution in [2.24, 2.45) is 5.73 Å². The lowest BCUT2D eigenvalue weighted by Gasteiger charge is -2.08. The maximum atomic E-state index is 12.0. The molecule has 0 fully saturated rings. The zero-order chi connectivity index (χ0) is 14.6. The van der Waals surface area contributed by atoms with Gasteiger partial charge in [0.25, 0.3) is 0 Å². The Morgan fingerprint density at radius 2 is 2.21 bits per heavy atom. The van der Waals surface area contributed by atoms with E-state index in [1.807, 2.05) is 6.92 Å². The van der Waals surface area contributed by atoms with Gasteiger partial charge in [-0.15, -0.1) is 11.3 Å². The Kier molecular flexibility index (Phi) is 6.06. The molecular weight excluding hydrogens is 324 g/mol. The first-order valence-corrected chi connectivity index (χ1v) is 9.78. The highest BCUT2D eigenvalue weighted by molar-refractivity contribution is 7.91. The zero-order valence-corrected chi connectivity index (χ0v) is 13.8. The van der Waals surface area contributed by atoms with Crippen LogP contribution in [0, 0.1) is 0 Å². The lowest BCUT2D eigenvalue weighted by atomic mass is 10.3. The summed E-state index contributed by atoms with van der Waals surface area (Å²) >= 11 is 5.82. The molecule has 1 heterocycles. The average Bonchev–Trinajstić information content (AvgIpc) is 2.78. The van der Waals surface area contributed by atoms with Gasteiger partial charge in [0.1, 0.15) is 9.20 Å². The van der Waals surface area contributed by atoms with Crippen LogP contribution in [-0.4, -0.2) is 35.7 Å². The summed E-state index contributed by atoms with van der Waals surface area (Å²) in [6.07, 6.45) is 2.13. The summed E-state index contributed by atoms with van der Waals surface area (Å²) in [5.74, 6) is 0. The zero-order valence-electron chi connectivity index (χ0n) is 10.6. The number of nitrogens with one attached hydrogen (secondary N) is 1. The van der Waals surface area contributed by atoms with E-state index in [1.54, 1.807) is 12.3 Å². The van der Waals surface area contributed by atoms with E-state index >= 15 is 0 Å². The molecule has 5 nitrogen and oxygen atoms in total. The van der Waals surface area contributed by atoms with Crippen LogP contribution in [0.1, 0.15) is 18.2 Å². The van der Waals surface area contributed by atoms with Crippen LogP contribution in [0.25, 0.3) is 0 Å². The summed E-state index contributed by atoms with van der Waals surface area (Å²) in [6, 6.07) is 3.06. The highest BCUT2D eigenvalue weighted by Crippen LogP contribution is 2.21. The van der Waals surface area contributed by atoms with E-state index in [4.69, 9.17) is 18.0 Å². The Hall–Kier alpha value is -0.350. The SMILES string of the molecule is CC(CCNS(=O)(=O)c1ccc(C(N)=S)s1)S(C)=O. The van der Waals surface area contributed by atoms with Gasteiger partial charge in [-0.3, -0.25) is 4.21 Å². The molecule has 2 atom stereocenters. The molecule has 0 saturated heterocycles. The van der Waals surface area contributed by atoms with E-state index in [0.717, 1.165) is 11.3 Å². The third kappa shape index (κ3) is 4.92.